The Kier molecular flexibility index (Phi) is 4.75. The molecule has 2 aromatic carbocycles. The van der Waals surface area contributed by atoms with Gasteiger partial charge in [-0.05, 0) is 36.6 Å². The van der Waals surface area contributed by atoms with E-state index in [1.807, 2.05) is 49.4 Å². The molecule has 5 nitrogen and oxygen atoms in total. The van der Waals surface area contributed by atoms with Crippen LogP contribution in [0.3, 0.4) is 0 Å². The second kappa shape index (κ2) is 7.35. The first-order valence-corrected chi connectivity index (χ1v) is 9.50. The van der Waals surface area contributed by atoms with Crippen LogP contribution in [0.1, 0.15) is 40.5 Å². The number of Topliss-reactive ketones (excluding diaryl/α,β-unsaturated/α-hetero) is 1. The van der Waals surface area contributed by atoms with E-state index in [0.717, 1.165) is 35.7 Å². The third kappa shape index (κ3) is 3.50. The molecule has 0 spiro atoms. The topological polar surface area (TPSA) is 55.2 Å². The van der Waals surface area contributed by atoms with E-state index < -0.39 is 0 Å². The van der Waals surface area contributed by atoms with Crippen molar-refractivity contribution in [3.63, 3.8) is 0 Å². The van der Waals surface area contributed by atoms with E-state index in [1.54, 1.807) is 22.0 Å². The molecule has 1 saturated heterocycles. The Hall–Kier alpha value is -2.95. The largest absolute Gasteiger partial charge is 0.338 e. The summed E-state index contributed by atoms with van der Waals surface area (Å²) < 4.78 is 1.74. The molecule has 0 radical (unpaired) electrons. The van der Waals surface area contributed by atoms with Crippen molar-refractivity contribution in [2.24, 2.45) is 5.92 Å². The minimum atomic E-state index is -0.148. The van der Waals surface area contributed by atoms with Gasteiger partial charge in [0, 0.05) is 37.3 Å². The Bertz CT molecular complexity index is 992. The lowest BCUT2D eigenvalue weighted by Crippen LogP contribution is -2.42. The van der Waals surface area contributed by atoms with Gasteiger partial charge in [-0.1, -0.05) is 36.4 Å². The van der Waals surface area contributed by atoms with Crippen molar-refractivity contribution < 1.29 is 9.59 Å². The number of benzene rings is 2. The quantitative estimate of drug-likeness (QED) is 0.664. The van der Waals surface area contributed by atoms with Gasteiger partial charge in [0.25, 0.3) is 5.91 Å². The van der Waals surface area contributed by atoms with Gasteiger partial charge in [0.2, 0.25) is 0 Å². The highest BCUT2D eigenvalue weighted by atomic mass is 16.2. The Balaban J connectivity index is 1.51. The van der Waals surface area contributed by atoms with E-state index in [4.69, 9.17) is 0 Å². The normalized spacial score (nSPS) is 17.2. The molecule has 138 valence electrons. The van der Waals surface area contributed by atoms with E-state index in [9.17, 15) is 9.59 Å². The monoisotopic (exact) mass is 361 g/mol. The molecule has 2 heterocycles. The van der Waals surface area contributed by atoms with Crippen LogP contribution in [0.4, 0.5) is 0 Å². The smallest absolute Gasteiger partial charge is 0.257 e. The van der Waals surface area contributed by atoms with E-state index in [-0.39, 0.29) is 17.6 Å². The number of carbonyl (C=O) groups excluding carboxylic acids is 2. The number of fused-ring (bicyclic) bond motifs is 1. The first kappa shape index (κ1) is 17.5. The first-order valence-electron chi connectivity index (χ1n) is 9.50. The number of rotatable bonds is 4. The molecule has 27 heavy (non-hydrogen) atoms. The van der Waals surface area contributed by atoms with Crippen LogP contribution >= 0.6 is 0 Å². The molecule has 0 unspecified atom stereocenters. The second-order valence-electron chi connectivity index (χ2n) is 7.10. The SMILES string of the molecule is CCn1cc(C(=O)N2CCC[C@H](C(=O)c3ccc4ccccc4c3)C2)cn1. The summed E-state index contributed by atoms with van der Waals surface area (Å²) in [6.07, 6.45) is 5.05. The van der Waals surface area contributed by atoms with Crippen LogP contribution in [-0.2, 0) is 6.54 Å². The van der Waals surface area contributed by atoms with E-state index in [1.165, 1.54) is 0 Å². The first-order chi connectivity index (χ1) is 13.2. The maximum atomic E-state index is 13.0. The van der Waals surface area contributed by atoms with Gasteiger partial charge < -0.3 is 4.90 Å². The van der Waals surface area contributed by atoms with Crippen molar-refractivity contribution in [3.8, 4) is 0 Å². The lowest BCUT2D eigenvalue weighted by molar-refractivity contribution is 0.0637. The maximum absolute atomic E-state index is 13.0. The summed E-state index contributed by atoms with van der Waals surface area (Å²) in [6, 6.07) is 13.9. The summed E-state index contributed by atoms with van der Waals surface area (Å²) in [5.41, 5.74) is 1.32. The molecule has 0 N–H and O–H groups in total. The van der Waals surface area contributed by atoms with Crippen LogP contribution in [0, 0.1) is 5.92 Å². The fourth-order valence-electron chi connectivity index (χ4n) is 3.78. The number of aromatic nitrogens is 2. The fourth-order valence-corrected chi connectivity index (χ4v) is 3.78. The fraction of sp³-hybridized carbons (Fsp3) is 0.318. The number of aryl methyl sites for hydroxylation is 1. The predicted molar refractivity (Wildman–Crippen MR) is 105 cm³/mol. The zero-order valence-corrected chi connectivity index (χ0v) is 15.5. The summed E-state index contributed by atoms with van der Waals surface area (Å²) in [4.78, 5) is 27.6. The molecule has 1 aliphatic heterocycles. The van der Waals surface area contributed by atoms with Crippen molar-refractivity contribution in [2.75, 3.05) is 13.1 Å². The van der Waals surface area contributed by atoms with Gasteiger partial charge in [0.15, 0.2) is 5.78 Å². The standard InChI is InChI=1S/C22H23N3O2/c1-2-25-15-20(13-23-25)22(27)24-11-5-8-19(14-24)21(26)18-10-9-16-6-3-4-7-17(16)12-18/h3-4,6-7,9-10,12-13,15,19H,2,5,8,11,14H2,1H3/t19-/m0/s1. The highest BCUT2D eigenvalue weighted by Gasteiger charge is 2.30. The molecule has 0 aliphatic carbocycles. The van der Waals surface area contributed by atoms with Crippen LogP contribution in [0.15, 0.2) is 54.9 Å². The number of ketones is 1. The number of nitrogens with zero attached hydrogens (tertiary/aromatic N) is 3. The van der Waals surface area contributed by atoms with Crippen LogP contribution in [0.5, 0.6) is 0 Å². The van der Waals surface area contributed by atoms with Crippen molar-refractivity contribution in [1.82, 2.24) is 14.7 Å². The highest BCUT2D eigenvalue weighted by Crippen LogP contribution is 2.24. The molecule has 1 atom stereocenters. The highest BCUT2D eigenvalue weighted by molar-refractivity contribution is 6.02. The van der Waals surface area contributed by atoms with Gasteiger partial charge in [-0.2, -0.15) is 5.10 Å². The second-order valence-corrected chi connectivity index (χ2v) is 7.10. The Labute approximate surface area is 158 Å². The molecule has 1 aromatic heterocycles. The Morgan fingerprint density at radius 1 is 1.11 bits per heavy atom. The van der Waals surface area contributed by atoms with Gasteiger partial charge in [0.1, 0.15) is 0 Å². The number of likely N-dealkylation sites (tertiary alicyclic amines) is 1. The van der Waals surface area contributed by atoms with Crippen molar-refractivity contribution in [2.45, 2.75) is 26.3 Å². The minimum absolute atomic E-state index is 0.0364. The van der Waals surface area contributed by atoms with Crippen molar-refractivity contribution >= 4 is 22.5 Å². The van der Waals surface area contributed by atoms with Crippen molar-refractivity contribution in [1.29, 1.82) is 0 Å². The molecule has 4 rings (SSSR count). The molecular formula is C22H23N3O2. The van der Waals surface area contributed by atoms with Gasteiger partial charge in [-0.15, -0.1) is 0 Å². The molecule has 3 aromatic rings. The summed E-state index contributed by atoms with van der Waals surface area (Å²) in [5.74, 6) is -0.0571. The molecule has 1 aliphatic rings. The predicted octanol–water partition coefficient (Wildman–Crippen LogP) is 3.79. The van der Waals surface area contributed by atoms with Crippen LogP contribution < -0.4 is 0 Å². The minimum Gasteiger partial charge on any atom is -0.338 e. The van der Waals surface area contributed by atoms with Crippen LogP contribution in [0.2, 0.25) is 0 Å². The van der Waals surface area contributed by atoms with Gasteiger partial charge in [-0.25, -0.2) is 0 Å². The molecule has 5 heteroatoms. The number of piperidine rings is 1. The third-order valence-corrected chi connectivity index (χ3v) is 5.32. The van der Waals surface area contributed by atoms with E-state index in [2.05, 4.69) is 5.10 Å². The summed E-state index contributed by atoms with van der Waals surface area (Å²) in [5, 5.41) is 6.38. The van der Waals surface area contributed by atoms with E-state index >= 15 is 0 Å². The van der Waals surface area contributed by atoms with Crippen LogP contribution in [0.25, 0.3) is 10.8 Å². The molecule has 0 bridgehead atoms. The third-order valence-electron chi connectivity index (χ3n) is 5.32. The zero-order chi connectivity index (χ0) is 18.8. The zero-order valence-electron chi connectivity index (χ0n) is 15.5. The average molecular weight is 361 g/mol. The van der Waals surface area contributed by atoms with Gasteiger partial charge in [0.05, 0.1) is 11.8 Å². The molecule has 0 saturated carbocycles. The number of hydrogen-bond acceptors (Lipinski definition) is 3. The number of carbonyl (C=O) groups is 2. The van der Waals surface area contributed by atoms with Crippen LogP contribution in [-0.4, -0.2) is 39.5 Å². The molecule has 1 fully saturated rings. The lowest BCUT2D eigenvalue weighted by atomic mass is 9.89. The summed E-state index contributed by atoms with van der Waals surface area (Å²) >= 11 is 0. The van der Waals surface area contributed by atoms with Crippen molar-refractivity contribution in [3.05, 3.63) is 66.0 Å². The molecular weight excluding hydrogens is 338 g/mol. The van der Waals surface area contributed by atoms with Gasteiger partial charge >= 0.3 is 0 Å². The number of amides is 1. The maximum Gasteiger partial charge on any atom is 0.257 e. The summed E-state index contributed by atoms with van der Waals surface area (Å²) in [6.45, 7) is 3.89. The number of hydrogen-bond donors (Lipinski definition) is 0. The van der Waals surface area contributed by atoms with Gasteiger partial charge in [-0.3, -0.25) is 14.3 Å². The Morgan fingerprint density at radius 2 is 1.93 bits per heavy atom. The molecule has 1 amide bonds. The van der Waals surface area contributed by atoms with E-state index in [0.29, 0.717) is 18.7 Å². The lowest BCUT2D eigenvalue weighted by Gasteiger charge is -2.31. The summed E-state index contributed by atoms with van der Waals surface area (Å²) in [7, 11) is 0. The Morgan fingerprint density at radius 3 is 2.70 bits per heavy atom. The average Bonchev–Trinajstić information content (AvgIpc) is 3.21.